The van der Waals surface area contributed by atoms with Crippen LogP contribution in [-0.2, 0) is 0 Å². The van der Waals surface area contributed by atoms with Crippen molar-refractivity contribution < 1.29 is 0 Å². The first-order chi connectivity index (χ1) is 12.1. The van der Waals surface area contributed by atoms with Gasteiger partial charge < -0.3 is 0 Å². The molecule has 0 atom stereocenters. The molecule has 1 aromatic carbocycles. The normalized spacial score (nSPS) is 15.5. The maximum atomic E-state index is 2.58. The summed E-state index contributed by atoms with van der Waals surface area (Å²) in [7, 11) is -0.412. The Hall–Kier alpha value is -1.08. The van der Waals surface area contributed by atoms with Crippen LogP contribution in [0.5, 0.6) is 0 Å². The van der Waals surface area contributed by atoms with Gasteiger partial charge in [0.25, 0.3) is 0 Å². The molecule has 26 heavy (non-hydrogen) atoms. The maximum absolute atomic E-state index is 2.58. The van der Waals surface area contributed by atoms with E-state index in [2.05, 4.69) is 68.4 Å². The lowest BCUT2D eigenvalue weighted by molar-refractivity contribution is 0.516. The number of hydrogen-bond donors (Lipinski definition) is 0. The minimum absolute atomic E-state index is 0.269. The third-order valence-corrected chi connectivity index (χ3v) is 9.10. The molecule has 0 fully saturated rings. The Kier molecular flexibility index (Phi) is 6.77. The quantitative estimate of drug-likeness (QED) is 0.412. The van der Waals surface area contributed by atoms with Gasteiger partial charge in [0.1, 0.15) is 0 Å². The van der Waals surface area contributed by atoms with Gasteiger partial charge in [-0.05, 0) is 92.7 Å². The molecule has 1 aliphatic carbocycles. The molecule has 0 bridgehead atoms. The molecule has 0 unspecified atom stereocenters. The molecule has 1 heteroatoms. The van der Waals surface area contributed by atoms with Gasteiger partial charge in [-0.3, -0.25) is 0 Å². The smallest absolute Gasteiger partial charge is 0.0749 e. The molecule has 1 aliphatic rings. The summed E-state index contributed by atoms with van der Waals surface area (Å²) in [5.41, 5.74) is 11.3. The average molecular weight is 369 g/mol. The lowest BCUT2D eigenvalue weighted by Gasteiger charge is -2.24. The summed E-state index contributed by atoms with van der Waals surface area (Å²) in [6.07, 6.45) is 9.17. The zero-order valence-corrected chi connectivity index (χ0v) is 20.2. The van der Waals surface area contributed by atoms with Gasteiger partial charge in [0.2, 0.25) is 0 Å². The summed E-state index contributed by atoms with van der Waals surface area (Å²) < 4.78 is 0. The van der Waals surface area contributed by atoms with E-state index in [1.807, 2.05) is 0 Å². The molecule has 0 amide bonds. The van der Waals surface area contributed by atoms with Crippen LogP contribution in [0, 0.1) is 40.0 Å². The van der Waals surface area contributed by atoms with Gasteiger partial charge in [0.15, 0.2) is 0 Å². The molecule has 0 N–H and O–H groups in total. The highest BCUT2D eigenvalue weighted by Crippen LogP contribution is 2.38. The van der Waals surface area contributed by atoms with Crippen LogP contribution in [0.3, 0.4) is 0 Å². The van der Waals surface area contributed by atoms with E-state index in [4.69, 9.17) is 0 Å². The van der Waals surface area contributed by atoms with Crippen molar-refractivity contribution in [3.8, 4) is 0 Å². The van der Waals surface area contributed by atoms with Gasteiger partial charge in [-0.1, -0.05) is 62.6 Å². The summed E-state index contributed by atoms with van der Waals surface area (Å²) in [6.45, 7) is 21.1. The van der Waals surface area contributed by atoms with E-state index in [9.17, 15) is 0 Å². The van der Waals surface area contributed by atoms with E-state index in [0.717, 1.165) is 0 Å². The molecular weight excluding hydrogens is 328 g/mol. The van der Waals surface area contributed by atoms with Crippen molar-refractivity contribution in [2.45, 2.75) is 94.4 Å². The third-order valence-electron chi connectivity index (χ3n) is 6.62. The van der Waals surface area contributed by atoms with Crippen LogP contribution in [-0.4, -0.2) is 9.52 Å². The van der Waals surface area contributed by atoms with E-state index in [1.165, 1.54) is 48.8 Å². The van der Waals surface area contributed by atoms with Crippen LogP contribution in [0.15, 0.2) is 22.4 Å². The van der Waals surface area contributed by atoms with Crippen LogP contribution < -0.4 is 5.19 Å². The average Bonchev–Trinajstić information content (AvgIpc) is 2.98. The highest BCUT2D eigenvalue weighted by Gasteiger charge is 2.26. The second-order valence-electron chi connectivity index (χ2n) is 9.48. The zero-order valence-electron chi connectivity index (χ0n) is 18.8. The second-order valence-corrected chi connectivity index (χ2v) is 11.4. The Morgan fingerprint density at radius 1 is 0.846 bits per heavy atom. The topological polar surface area (TPSA) is 0 Å². The SMILES string of the molecule is CCCCCC1=CC(C(C)(C)C)=C([SiH2]c2c(C)c(C)c(C)c(C)c2C)C1. The molecule has 0 spiro atoms. The van der Waals surface area contributed by atoms with Crippen molar-refractivity contribution >= 4 is 14.7 Å². The second kappa shape index (κ2) is 8.29. The highest BCUT2D eigenvalue weighted by atomic mass is 28.2. The standard InChI is InChI=1S/C25H40Si/c1-10-11-12-13-21-14-22(25(7,8)9)23(15-21)26-24-19(5)17(3)16(2)18(4)20(24)6/h14H,10-13,15,26H2,1-9H3. The number of hydrogen-bond acceptors (Lipinski definition) is 0. The van der Waals surface area contributed by atoms with Gasteiger partial charge in [-0.15, -0.1) is 0 Å². The number of unbranched alkanes of at least 4 members (excludes halogenated alkanes) is 2. The molecule has 0 aromatic heterocycles. The predicted octanol–water partition coefficient (Wildman–Crippen LogP) is 6.23. The predicted molar refractivity (Wildman–Crippen MR) is 122 cm³/mol. The van der Waals surface area contributed by atoms with Crippen LogP contribution in [0.1, 0.15) is 87.6 Å². The molecule has 1 aromatic rings. The van der Waals surface area contributed by atoms with Crippen molar-refractivity contribution in [2.24, 2.45) is 5.41 Å². The fraction of sp³-hybridized carbons (Fsp3) is 0.600. The Labute approximate surface area is 165 Å². The third kappa shape index (κ3) is 4.42. The zero-order chi connectivity index (χ0) is 19.6. The molecule has 0 saturated heterocycles. The molecule has 0 aliphatic heterocycles. The summed E-state index contributed by atoms with van der Waals surface area (Å²) >= 11 is 0. The van der Waals surface area contributed by atoms with Crippen molar-refractivity contribution in [3.05, 3.63) is 50.2 Å². The molecule has 2 rings (SSSR count). The lowest BCUT2D eigenvalue weighted by Crippen LogP contribution is -2.27. The van der Waals surface area contributed by atoms with Crippen LogP contribution >= 0.6 is 0 Å². The molecule has 0 saturated carbocycles. The maximum Gasteiger partial charge on any atom is 0.0839 e. The van der Waals surface area contributed by atoms with Crippen LogP contribution in [0.2, 0.25) is 0 Å². The molecule has 144 valence electrons. The number of rotatable bonds is 6. The van der Waals surface area contributed by atoms with Gasteiger partial charge in [0, 0.05) is 0 Å². The van der Waals surface area contributed by atoms with Gasteiger partial charge >= 0.3 is 0 Å². The Bertz CT molecular complexity index is 709. The highest BCUT2D eigenvalue weighted by molar-refractivity contribution is 6.62. The lowest BCUT2D eigenvalue weighted by atomic mass is 9.87. The first kappa shape index (κ1) is 21.2. The van der Waals surface area contributed by atoms with E-state index in [0.29, 0.717) is 0 Å². The summed E-state index contributed by atoms with van der Waals surface area (Å²) in [5, 5.41) is 3.52. The van der Waals surface area contributed by atoms with Gasteiger partial charge in [-0.25, -0.2) is 0 Å². The number of allylic oxidation sites excluding steroid dienone is 4. The summed E-state index contributed by atoms with van der Waals surface area (Å²) in [4.78, 5) is 0. The first-order valence-electron chi connectivity index (χ1n) is 10.6. The van der Waals surface area contributed by atoms with Gasteiger partial charge in [-0.2, -0.15) is 0 Å². The van der Waals surface area contributed by atoms with Gasteiger partial charge in [0.05, 0.1) is 9.52 Å². The molecular formula is C25H40Si. The minimum Gasteiger partial charge on any atom is -0.0749 e. The summed E-state index contributed by atoms with van der Waals surface area (Å²) in [5.74, 6) is 0. The van der Waals surface area contributed by atoms with E-state index >= 15 is 0 Å². The Balaban J connectivity index is 2.36. The van der Waals surface area contributed by atoms with Crippen LogP contribution in [0.25, 0.3) is 0 Å². The minimum atomic E-state index is -0.412. The molecule has 0 nitrogen and oxygen atoms in total. The molecule has 0 heterocycles. The largest absolute Gasteiger partial charge is 0.0839 e. The first-order valence-corrected chi connectivity index (χ1v) is 12.0. The fourth-order valence-electron chi connectivity index (χ4n) is 4.45. The van der Waals surface area contributed by atoms with Crippen LogP contribution in [0.4, 0.5) is 0 Å². The van der Waals surface area contributed by atoms with Crippen molar-refractivity contribution in [3.63, 3.8) is 0 Å². The Morgan fingerprint density at radius 2 is 1.38 bits per heavy atom. The van der Waals surface area contributed by atoms with E-state index in [-0.39, 0.29) is 5.41 Å². The van der Waals surface area contributed by atoms with E-state index in [1.54, 1.807) is 32.7 Å². The fourth-order valence-corrected chi connectivity index (χ4v) is 7.21. The monoisotopic (exact) mass is 368 g/mol. The Morgan fingerprint density at radius 3 is 1.88 bits per heavy atom. The number of benzene rings is 1. The van der Waals surface area contributed by atoms with Crippen molar-refractivity contribution in [2.75, 3.05) is 0 Å². The van der Waals surface area contributed by atoms with E-state index < -0.39 is 9.52 Å². The molecule has 0 radical (unpaired) electrons. The summed E-state index contributed by atoms with van der Waals surface area (Å²) in [6, 6.07) is 0. The van der Waals surface area contributed by atoms with Crippen molar-refractivity contribution in [1.82, 2.24) is 0 Å². The van der Waals surface area contributed by atoms with Crippen molar-refractivity contribution in [1.29, 1.82) is 0 Å².